The van der Waals surface area contributed by atoms with E-state index in [-0.39, 0.29) is 11.3 Å². The first-order valence-electron chi connectivity index (χ1n) is 12.5. The molecule has 1 heterocycles. The Hall–Kier alpha value is -4.62. The number of carbonyl (C=O) groups is 1. The Morgan fingerprint density at radius 1 is 0.816 bits per heavy atom. The van der Waals surface area contributed by atoms with E-state index in [1.807, 2.05) is 42.5 Å². The number of aromatic nitrogens is 1. The van der Waals surface area contributed by atoms with Crippen molar-refractivity contribution in [2.75, 3.05) is 32.1 Å². The van der Waals surface area contributed by atoms with Crippen molar-refractivity contribution in [3.8, 4) is 11.5 Å². The molecule has 4 aromatic carbocycles. The number of rotatable bonds is 10. The van der Waals surface area contributed by atoms with Gasteiger partial charge in [0.1, 0.15) is 18.1 Å². The van der Waals surface area contributed by atoms with Crippen LogP contribution in [-0.4, -0.2) is 37.7 Å². The molecule has 0 saturated carbocycles. The van der Waals surface area contributed by atoms with Crippen LogP contribution < -0.4 is 25.5 Å². The van der Waals surface area contributed by atoms with Crippen molar-refractivity contribution < 1.29 is 14.3 Å². The predicted octanol–water partition coefficient (Wildman–Crippen LogP) is 5.15. The molecule has 0 unspecified atom stereocenters. The number of hydrogen-bond donors (Lipinski definition) is 3. The number of nitrogens with one attached hydrogen (secondary N) is 3. The fraction of sp³-hybridized carbons (Fsp3) is 0.161. The van der Waals surface area contributed by atoms with Crippen LogP contribution in [0.25, 0.3) is 21.8 Å². The highest BCUT2D eigenvalue weighted by atomic mass is 16.5. The molecule has 5 rings (SSSR count). The van der Waals surface area contributed by atoms with Gasteiger partial charge in [-0.25, -0.2) is 0 Å². The minimum atomic E-state index is -0.295. The standard InChI is InChI=1S/C31H29N3O4/c1-37-23-13-9-21(10-14-23)17-18-32-19-20-38-24-15-11-22(12-16-24)33-31(36)27-7-4-6-26-29(27)34-28-8-3-2-5-25(28)30(26)35/h2-16,32H,17-20H2,1H3,(H,33,36)(H,34,35). The van der Waals surface area contributed by atoms with E-state index in [0.717, 1.165) is 31.0 Å². The van der Waals surface area contributed by atoms with Gasteiger partial charge >= 0.3 is 0 Å². The van der Waals surface area contributed by atoms with Crippen LogP contribution in [0.2, 0.25) is 0 Å². The molecule has 0 aliphatic carbocycles. The van der Waals surface area contributed by atoms with Crippen molar-refractivity contribution in [1.29, 1.82) is 0 Å². The lowest BCUT2D eigenvalue weighted by atomic mass is 10.1. The first-order chi connectivity index (χ1) is 18.6. The number of amides is 1. The van der Waals surface area contributed by atoms with Crippen molar-refractivity contribution in [2.24, 2.45) is 0 Å². The molecule has 0 bridgehead atoms. The van der Waals surface area contributed by atoms with Crippen molar-refractivity contribution in [1.82, 2.24) is 10.3 Å². The molecule has 7 nitrogen and oxygen atoms in total. The summed E-state index contributed by atoms with van der Waals surface area (Å²) in [5.74, 6) is 1.29. The van der Waals surface area contributed by atoms with Crippen molar-refractivity contribution in [2.45, 2.75) is 6.42 Å². The van der Waals surface area contributed by atoms with Gasteiger partial charge in [-0.3, -0.25) is 9.59 Å². The molecular weight excluding hydrogens is 478 g/mol. The fourth-order valence-electron chi connectivity index (χ4n) is 4.36. The summed E-state index contributed by atoms with van der Waals surface area (Å²) in [4.78, 5) is 29.3. The lowest BCUT2D eigenvalue weighted by molar-refractivity contribution is 0.102. The lowest BCUT2D eigenvalue weighted by Crippen LogP contribution is -2.23. The Bertz CT molecular complexity index is 1610. The van der Waals surface area contributed by atoms with Gasteiger partial charge in [-0.2, -0.15) is 0 Å². The summed E-state index contributed by atoms with van der Waals surface area (Å²) in [5.41, 5.74) is 3.42. The second-order valence-electron chi connectivity index (χ2n) is 8.90. The molecule has 0 aliphatic rings. The minimum absolute atomic E-state index is 0.0966. The summed E-state index contributed by atoms with van der Waals surface area (Å²) in [6.07, 6.45) is 0.930. The van der Waals surface area contributed by atoms with Gasteiger partial charge < -0.3 is 25.1 Å². The highest BCUT2D eigenvalue weighted by Gasteiger charge is 2.14. The van der Waals surface area contributed by atoms with E-state index in [2.05, 4.69) is 27.8 Å². The SMILES string of the molecule is COc1ccc(CCNCCOc2ccc(NC(=O)c3cccc4c(=O)c5ccccc5[nH]c34)cc2)cc1. The maximum atomic E-state index is 13.1. The van der Waals surface area contributed by atoms with E-state index < -0.39 is 0 Å². The van der Waals surface area contributed by atoms with Crippen molar-refractivity contribution >= 4 is 33.4 Å². The number of anilines is 1. The first kappa shape index (κ1) is 25.0. The normalized spacial score (nSPS) is 11.0. The molecule has 1 aromatic heterocycles. The molecule has 0 radical (unpaired) electrons. The van der Waals surface area contributed by atoms with Crippen molar-refractivity contribution in [3.63, 3.8) is 0 Å². The van der Waals surface area contributed by atoms with Gasteiger partial charge in [0.15, 0.2) is 5.43 Å². The number of para-hydroxylation sites is 2. The number of pyridine rings is 1. The molecule has 7 heteroatoms. The van der Waals surface area contributed by atoms with Gasteiger partial charge in [0.05, 0.1) is 18.2 Å². The van der Waals surface area contributed by atoms with E-state index >= 15 is 0 Å². The predicted molar refractivity (Wildman–Crippen MR) is 152 cm³/mol. The number of ether oxygens (including phenoxy) is 2. The third kappa shape index (κ3) is 5.68. The summed E-state index contributed by atoms with van der Waals surface area (Å²) < 4.78 is 11.0. The molecule has 38 heavy (non-hydrogen) atoms. The molecule has 0 saturated heterocycles. The molecule has 3 N–H and O–H groups in total. The fourth-order valence-corrected chi connectivity index (χ4v) is 4.36. The van der Waals surface area contributed by atoms with Gasteiger partial charge in [0, 0.05) is 28.5 Å². The van der Waals surface area contributed by atoms with Gasteiger partial charge in [0.25, 0.3) is 5.91 Å². The largest absolute Gasteiger partial charge is 0.497 e. The molecule has 0 atom stereocenters. The molecule has 1 amide bonds. The van der Waals surface area contributed by atoms with Gasteiger partial charge in [-0.1, -0.05) is 30.3 Å². The van der Waals surface area contributed by atoms with Crippen LogP contribution >= 0.6 is 0 Å². The highest BCUT2D eigenvalue weighted by molar-refractivity contribution is 6.13. The molecule has 0 spiro atoms. The molecule has 192 valence electrons. The number of carbonyl (C=O) groups excluding carboxylic acids is 1. The van der Waals surface area contributed by atoms with Crippen LogP contribution in [0.5, 0.6) is 11.5 Å². The topological polar surface area (TPSA) is 92.4 Å². The zero-order valence-electron chi connectivity index (χ0n) is 21.1. The van der Waals surface area contributed by atoms with Crippen LogP contribution in [0.15, 0.2) is 95.8 Å². The van der Waals surface area contributed by atoms with Gasteiger partial charge in [0.2, 0.25) is 0 Å². The van der Waals surface area contributed by atoms with Crippen molar-refractivity contribution in [3.05, 3.63) is 112 Å². The molecule has 0 fully saturated rings. The quantitative estimate of drug-likeness (QED) is 0.180. The lowest BCUT2D eigenvalue weighted by Gasteiger charge is -2.11. The van der Waals surface area contributed by atoms with Crippen LogP contribution in [0.3, 0.4) is 0 Å². The van der Waals surface area contributed by atoms with Gasteiger partial charge in [-0.05, 0) is 79.2 Å². The van der Waals surface area contributed by atoms with Crippen LogP contribution in [0.1, 0.15) is 15.9 Å². The summed E-state index contributed by atoms with van der Waals surface area (Å²) in [6.45, 7) is 2.12. The Balaban J connectivity index is 1.14. The molecule has 0 aliphatic heterocycles. The summed E-state index contributed by atoms with van der Waals surface area (Å²) in [6, 6.07) is 27.8. The minimum Gasteiger partial charge on any atom is -0.497 e. The van der Waals surface area contributed by atoms with E-state index in [1.54, 1.807) is 43.5 Å². The number of hydrogen-bond acceptors (Lipinski definition) is 5. The van der Waals surface area contributed by atoms with E-state index in [0.29, 0.717) is 39.7 Å². The number of H-pyrrole nitrogens is 1. The Morgan fingerprint density at radius 2 is 1.55 bits per heavy atom. The number of benzene rings is 4. The number of methoxy groups -OCH3 is 1. The van der Waals surface area contributed by atoms with Crippen LogP contribution in [-0.2, 0) is 6.42 Å². The molecular formula is C31H29N3O4. The zero-order valence-corrected chi connectivity index (χ0v) is 21.1. The Kier molecular flexibility index (Phi) is 7.66. The van der Waals surface area contributed by atoms with Gasteiger partial charge in [-0.15, -0.1) is 0 Å². The maximum Gasteiger partial charge on any atom is 0.257 e. The number of fused-ring (bicyclic) bond motifs is 2. The molecule has 5 aromatic rings. The third-order valence-corrected chi connectivity index (χ3v) is 6.39. The van der Waals surface area contributed by atoms with E-state index in [1.165, 1.54) is 5.56 Å². The average molecular weight is 508 g/mol. The maximum absolute atomic E-state index is 13.1. The van der Waals surface area contributed by atoms with E-state index in [9.17, 15) is 9.59 Å². The third-order valence-electron chi connectivity index (χ3n) is 6.39. The number of aromatic amines is 1. The van der Waals surface area contributed by atoms with E-state index in [4.69, 9.17) is 9.47 Å². The second-order valence-corrected chi connectivity index (χ2v) is 8.90. The monoisotopic (exact) mass is 507 g/mol. The Labute approximate surface area is 220 Å². The highest BCUT2D eigenvalue weighted by Crippen LogP contribution is 2.21. The summed E-state index contributed by atoms with van der Waals surface area (Å²) >= 11 is 0. The van der Waals surface area contributed by atoms with Crippen LogP contribution in [0.4, 0.5) is 5.69 Å². The summed E-state index contributed by atoms with van der Waals surface area (Å²) in [7, 11) is 1.66. The summed E-state index contributed by atoms with van der Waals surface area (Å²) in [5, 5.41) is 7.38. The Morgan fingerprint density at radius 3 is 2.34 bits per heavy atom. The van der Waals surface area contributed by atoms with Crippen LogP contribution in [0, 0.1) is 0 Å². The smallest absolute Gasteiger partial charge is 0.257 e. The first-order valence-corrected chi connectivity index (χ1v) is 12.5. The second kappa shape index (κ2) is 11.6. The average Bonchev–Trinajstić information content (AvgIpc) is 2.96. The zero-order chi connectivity index (χ0) is 26.3.